The van der Waals surface area contributed by atoms with Crippen molar-refractivity contribution >= 4 is 26.8 Å². The SMILES string of the molecule is Brc1ccc(-c2cc(-c3nc(-c4ccncc4)n[nH]3)c3ccccc3n2)cc1. The minimum Gasteiger partial charge on any atom is -0.265 e. The molecule has 0 amide bonds. The number of hydrogen-bond acceptors (Lipinski definition) is 4. The standard InChI is InChI=1S/C22H14BrN5/c23-16-7-5-14(6-8-16)20-13-18(17-3-1-2-4-19(17)25-20)22-26-21(27-28-22)15-9-11-24-12-10-15/h1-13H,(H,26,27,28). The van der Waals surface area contributed by atoms with Crippen molar-refractivity contribution in [2.75, 3.05) is 0 Å². The summed E-state index contributed by atoms with van der Waals surface area (Å²) in [5.74, 6) is 1.35. The van der Waals surface area contributed by atoms with E-state index >= 15 is 0 Å². The maximum atomic E-state index is 4.84. The van der Waals surface area contributed by atoms with Gasteiger partial charge in [0.25, 0.3) is 0 Å². The Labute approximate surface area is 169 Å². The number of fused-ring (bicyclic) bond motifs is 1. The zero-order valence-electron chi connectivity index (χ0n) is 14.7. The molecule has 0 saturated carbocycles. The second kappa shape index (κ2) is 6.98. The number of aromatic nitrogens is 5. The van der Waals surface area contributed by atoms with E-state index in [1.165, 1.54) is 0 Å². The van der Waals surface area contributed by atoms with Crippen LogP contribution >= 0.6 is 15.9 Å². The van der Waals surface area contributed by atoms with Crippen LogP contribution in [0.5, 0.6) is 0 Å². The number of H-pyrrole nitrogens is 1. The van der Waals surface area contributed by atoms with Gasteiger partial charge in [0.2, 0.25) is 0 Å². The molecule has 3 aromatic heterocycles. The highest BCUT2D eigenvalue weighted by Crippen LogP contribution is 2.31. The summed E-state index contributed by atoms with van der Waals surface area (Å²) in [7, 11) is 0. The van der Waals surface area contributed by atoms with Crippen molar-refractivity contribution in [1.29, 1.82) is 0 Å². The number of rotatable bonds is 3. The second-order valence-electron chi connectivity index (χ2n) is 6.32. The maximum Gasteiger partial charge on any atom is 0.181 e. The van der Waals surface area contributed by atoms with Crippen molar-refractivity contribution in [3.63, 3.8) is 0 Å². The first-order chi connectivity index (χ1) is 13.8. The highest BCUT2D eigenvalue weighted by Gasteiger charge is 2.13. The van der Waals surface area contributed by atoms with E-state index in [0.29, 0.717) is 11.6 Å². The summed E-state index contributed by atoms with van der Waals surface area (Å²) in [6.07, 6.45) is 3.47. The molecule has 0 atom stereocenters. The van der Waals surface area contributed by atoms with Crippen LogP contribution in [0.2, 0.25) is 0 Å². The molecule has 134 valence electrons. The van der Waals surface area contributed by atoms with E-state index in [9.17, 15) is 0 Å². The molecule has 5 rings (SSSR count). The van der Waals surface area contributed by atoms with Crippen molar-refractivity contribution in [2.24, 2.45) is 0 Å². The van der Waals surface area contributed by atoms with Gasteiger partial charge < -0.3 is 0 Å². The first-order valence-corrected chi connectivity index (χ1v) is 9.56. The van der Waals surface area contributed by atoms with Crippen LogP contribution < -0.4 is 0 Å². The largest absolute Gasteiger partial charge is 0.265 e. The smallest absolute Gasteiger partial charge is 0.181 e. The third kappa shape index (κ3) is 3.08. The van der Waals surface area contributed by atoms with Crippen LogP contribution in [0.25, 0.3) is 44.9 Å². The average Bonchev–Trinajstić information content (AvgIpc) is 3.24. The van der Waals surface area contributed by atoms with Gasteiger partial charge in [0, 0.05) is 38.9 Å². The fraction of sp³-hybridized carbons (Fsp3) is 0. The monoisotopic (exact) mass is 427 g/mol. The van der Waals surface area contributed by atoms with E-state index < -0.39 is 0 Å². The number of para-hydroxylation sites is 1. The van der Waals surface area contributed by atoms with Crippen LogP contribution in [-0.2, 0) is 0 Å². The molecule has 0 spiro atoms. The molecular formula is C22H14BrN5. The fourth-order valence-electron chi connectivity index (χ4n) is 3.15. The lowest BCUT2D eigenvalue weighted by atomic mass is 10.0. The van der Waals surface area contributed by atoms with Gasteiger partial charge in [0.1, 0.15) is 0 Å². The van der Waals surface area contributed by atoms with Crippen molar-refractivity contribution in [3.8, 4) is 34.0 Å². The molecule has 0 bridgehead atoms. The predicted octanol–water partition coefficient (Wildman–Crippen LogP) is 5.51. The molecule has 0 saturated heterocycles. The first-order valence-electron chi connectivity index (χ1n) is 8.77. The predicted molar refractivity (Wildman–Crippen MR) is 113 cm³/mol. The third-order valence-electron chi connectivity index (χ3n) is 4.54. The molecule has 3 heterocycles. The lowest BCUT2D eigenvalue weighted by molar-refractivity contribution is 1.10. The van der Waals surface area contributed by atoms with E-state index in [2.05, 4.69) is 43.2 Å². The Morgan fingerprint density at radius 2 is 1.57 bits per heavy atom. The van der Waals surface area contributed by atoms with Gasteiger partial charge in [0.05, 0.1) is 11.2 Å². The highest BCUT2D eigenvalue weighted by molar-refractivity contribution is 9.10. The molecule has 6 heteroatoms. The molecular weight excluding hydrogens is 414 g/mol. The Morgan fingerprint density at radius 3 is 2.39 bits per heavy atom. The van der Waals surface area contributed by atoms with Crippen LogP contribution in [0.15, 0.2) is 83.6 Å². The maximum absolute atomic E-state index is 4.84. The van der Waals surface area contributed by atoms with Crippen molar-refractivity contribution < 1.29 is 0 Å². The van der Waals surface area contributed by atoms with Gasteiger partial charge in [-0.1, -0.05) is 46.3 Å². The van der Waals surface area contributed by atoms with Crippen LogP contribution in [0, 0.1) is 0 Å². The summed E-state index contributed by atoms with van der Waals surface area (Å²) in [4.78, 5) is 13.6. The van der Waals surface area contributed by atoms with Crippen molar-refractivity contribution in [1.82, 2.24) is 25.1 Å². The number of aromatic amines is 1. The van der Waals surface area contributed by atoms with E-state index in [-0.39, 0.29) is 0 Å². The van der Waals surface area contributed by atoms with Gasteiger partial charge in [0.15, 0.2) is 11.6 Å². The Balaban J connectivity index is 1.68. The van der Waals surface area contributed by atoms with Crippen LogP contribution in [-0.4, -0.2) is 25.1 Å². The quantitative estimate of drug-likeness (QED) is 0.412. The molecule has 0 aliphatic heterocycles. The first kappa shape index (κ1) is 16.8. The number of benzene rings is 2. The van der Waals surface area contributed by atoms with Gasteiger partial charge in [-0.05, 0) is 36.4 Å². The highest BCUT2D eigenvalue weighted by atomic mass is 79.9. The van der Waals surface area contributed by atoms with Crippen LogP contribution in [0.3, 0.4) is 0 Å². The lowest BCUT2D eigenvalue weighted by Gasteiger charge is -2.08. The minimum absolute atomic E-state index is 0.642. The molecule has 0 radical (unpaired) electrons. The van der Waals surface area contributed by atoms with Gasteiger partial charge in [-0.3, -0.25) is 10.1 Å². The molecule has 1 N–H and O–H groups in total. The number of nitrogens with one attached hydrogen (secondary N) is 1. The van der Waals surface area contributed by atoms with E-state index in [1.807, 2.05) is 54.6 Å². The van der Waals surface area contributed by atoms with Crippen molar-refractivity contribution in [3.05, 3.63) is 83.6 Å². The summed E-state index contributed by atoms with van der Waals surface area (Å²) in [6.45, 7) is 0. The van der Waals surface area contributed by atoms with Crippen LogP contribution in [0.4, 0.5) is 0 Å². The number of nitrogens with zero attached hydrogens (tertiary/aromatic N) is 4. The van der Waals surface area contributed by atoms with Gasteiger partial charge in [-0.2, -0.15) is 5.10 Å². The number of hydrogen-bond donors (Lipinski definition) is 1. The third-order valence-corrected chi connectivity index (χ3v) is 5.06. The zero-order chi connectivity index (χ0) is 18.9. The molecule has 28 heavy (non-hydrogen) atoms. The van der Waals surface area contributed by atoms with Gasteiger partial charge >= 0.3 is 0 Å². The molecule has 0 aliphatic carbocycles. The Morgan fingerprint density at radius 1 is 0.786 bits per heavy atom. The van der Waals surface area contributed by atoms with Crippen LogP contribution in [0.1, 0.15) is 0 Å². The molecule has 0 unspecified atom stereocenters. The summed E-state index contributed by atoms with van der Waals surface area (Å²) in [6, 6.07) is 22.0. The van der Waals surface area contributed by atoms with E-state index in [1.54, 1.807) is 12.4 Å². The summed E-state index contributed by atoms with van der Waals surface area (Å²) >= 11 is 3.49. The Bertz CT molecular complexity index is 1260. The molecule has 0 aliphatic rings. The number of pyridine rings is 2. The Hall–Kier alpha value is -3.38. The molecule has 0 fully saturated rings. The topological polar surface area (TPSA) is 67.3 Å². The fourth-order valence-corrected chi connectivity index (χ4v) is 3.42. The summed E-state index contributed by atoms with van der Waals surface area (Å²) in [5, 5.41) is 8.51. The lowest BCUT2D eigenvalue weighted by Crippen LogP contribution is -1.91. The van der Waals surface area contributed by atoms with E-state index in [0.717, 1.165) is 37.8 Å². The average molecular weight is 428 g/mol. The van der Waals surface area contributed by atoms with Crippen molar-refractivity contribution in [2.45, 2.75) is 0 Å². The summed E-state index contributed by atoms with van der Waals surface area (Å²) < 4.78 is 1.04. The molecule has 2 aromatic carbocycles. The summed E-state index contributed by atoms with van der Waals surface area (Å²) in [5.41, 5.74) is 4.74. The van der Waals surface area contributed by atoms with Gasteiger partial charge in [-0.15, -0.1) is 0 Å². The number of halogens is 1. The Kier molecular flexibility index (Phi) is 4.18. The normalized spacial score (nSPS) is 11.0. The zero-order valence-corrected chi connectivity index (χ0v) is 16.3. The molecule has 5 aromatic rings. The molecule has 5 nitrogen and oxygen atoms in total. The van der Waals surface area contributed by atoms with Gasteiger partial charge in [-0.25, -0.2) is 9.97 Å². The minimum atomic E-state index is 0.642. The van der Waals surface area contributed by atoms with E-state index in [4.69, 9.17) is 9.97 Å². The second-order valence-corrected chi connectivity index (χ2v) is 7.24.